The number of benzene rings is 2. The largest absolute Gasteiger partial charge is 0.324 e. The van der Waals surface area contributed by atoms with Crippen molar-refractivity contribution >= 4 is 35.0 Å². The quantitative estimate of drug-likeness (QED) is 0.591. The minimum atomic E-state index is -0.147. The van der Waals surface area contributed by atoms with E-state index in [-0.39, 0.29) is 17.6 Å². The number of thioether (sulfide) groups is 1. The number of nitrogens with one attached hydrogen (secondary N) is 1. The fourth-order valence-electron chi connectivity index (χ4n) is 3.45. The first-order chi connectivity index (χ1) is 14.6. The lowest BCUT2D eigenvalue weighted by Gasteiger charge is -2.19. The summed E-state index contributed by atoms with van der Waals surface area (Å²) >= 11 is 1.35. The molecule has 2 amide bonds. The van der Waals surface area contributed by atoms with Gasteiger partial charge in [-0.2, -0.15) is 0 Å². The zero-order chi connectivity index (χ0) is 20.9. The maximum Gasteiger partial charge on any atom is 0.234 e. The standard InChI is InChI=1S/C22H23N5O2S/c1-16-24-25-22(27(16)14-17-8-3-2-4-9-17)30-15-20(28)23-18-10-5-6-11-19(18)26-13-7-12-21(26)29/h2-6,8-11H,7,12-15H2,1H3,(H,23,28). The fraction of sp³-hybridized carbons (Fsp3) is 0.273. The van der Waals surface area contributed by atoms with Gasteiger partial charge in [-0.25, -0.2) is 0 Å². The third-order valence-electron chi connectivity index (χ3n) is 4.96. The third kappa shape index (κ3) is 4.54. The van der Waals surface area contributed by atoms with Crippen LogP contribution in [0.5, 0.6) is 0 Å². The number of para-hydroxylation sites is 2. The molecule has 30 heavy (non-hydrogen) atoms. The normalized spacial score (nSPS) is 13.6. The zero-order valence-corrected chi connectivity index (χ0v) is 17.6. The monoisotopic (exact) mass is 421 g/mol. The second-order valence-corrected chi connectivity index (χ2v) is 8.05. The Bertz CT molecular complexity index is 1050. The molecule has 0 saturated carbocycles. The van der Waals surface area contributed by atoms with Gasteiger partial charge in [0.1, 0.15) is 5.82 Å². The molecular weight excluding hydrogens is 398 g/mol. The van der Waals surface area contributed by atoms with Crippen LogP contribution in [0.1, 0.15) is 24.2 Å². The minimum Gasteiger partial charge on any atom is -0.324 e. The Kier molecular flexibility index (Phi) is 6.13. The summed E-state index contributed by atoms with van der Waals surface area (Å²) in [6.45, 7) is 3.25. The van der Waals surface area contributed by atoms with Gasteiger partial charge < -0.3 is 14.8 Å². The van der Waals surface area contributed by atoms with Crippen LogP contribution in [0, 0.1) is 6.92 Å². The number of rotatable bonds is 7. The van der Waals surface area contributed by atoms with Crippen LogP contribution in [0.4, 0.5) is 11.4 Å². The van der Waals surface area contributed by atoms with E-state index >= 15 is 0 Å². The van der Waals surface area contributed by atoms with Crippen molar-refractivity contribution in [1.82, 2.24) is 14.8 Å². The minimum absolute atomic E-state index is 0.0931. The summed E-state index contributed by atoms with van der Waals surface area (Å²) in [5.41, 5.74) is 2.55. The molecule has 1 aliphatic rings. The molecule has 1 aliphatic heterocycles. The van der Waals surface area contributed by atoms with E-state index in [1.165, 1.54) is 11.8 Å². The molecule has 7 nitrogen and oxygen atoms in total. The molecule has 0 spiro atoms. The number of anilines is 2. The van der Waals surface area contributed by atoms with E-state index in [1.54, 1.807) is 4.90 Å². The molecule has 1 saturated heterocycles. The van der Waals surface area contributed by atoms with E-state index in [4.69, 9.17) is 0 Å². The van der Waals surface area contributed by atoms with Crippen molar-refractivity contribution in [2.75, 3.05) is 22.5 Å². The Labute approximate surface area is 179 Å². The van der Waals surface area contributed by atoms with E-state index in [2.05, 4.69) is 27.6 Å². The van der Waals surface area contributed by atoms with Crippen molar-refractivity contribution in [1.29, 1.82) is 0 Å². The highest BCUT2D eigenvalue weighted by Gasteiger charge is 2.24. The maximum atomic E-state index is 12.6. The molecule has 0 radical (unpaired) electrons. The smallest absolute Gasteiger partial charge is 0.234 e. The van der Waals surface area contributed by atoms with Crippen molar-refractivity contribution < 1.29 is 9.59 Å². The summed E-state index contributed by atoms with van der Waals surface area (Å²) in [6.07, 6.45) is 1.39. The molecule has 0 bridgehead atoms. The predicted octanol–water partition coefficient (Wildman–Crippen LogP) is 3.49. The maximum absolute atomic E-state index is 12.6. The molecule has 1 aromatic heterocycles. The van der Waals surface area contributed by atoms with Gasteiger partial charge in [0.05, 0.1) is 23.7 Å². The number of hydrogen-bond donors (Lipinski definition) is 1. The molecule has 2 heterocycles. The Morgan fingerprint density at radius 3 is 2.63 bits per heavy atom. The van der Waals surface area contributed by atoms with Crippen LogP contribution < -0.4 is 10.2 Å². The average molecular weight is 422 g/mol. The molecular formula is C22H23N5O2S. The number of carbonyl (C=O) groups excluding carboxylic acids is 2. The van der Waals surface area contributed by atoms with Gasteiger partial charge in [0.15, 0.2) is 5.16 Å². The van der Waals surface area contributed by atoms with Crippen molar-refractivity contribution in [3.63, 3.8) is 0 Å². The summed E-state index contributed by atoms with van der Waals surface area (Å²) in [5, 5.41) is 12.0. The average Bonchev–Trinajstić information content (AvgIpc) is 3.33. The van der Waals surface area contributed by atoms with Gasteiger partial charge in [0.25, 0.3) is 0 Å². The Hall–Kier alpha value is -3.13. The molecule has 1 fully saturated rings. The van der Waals surface area contributed by atoms with E-state index in [0.717, 1.165) is 23.5 Å². The fourth-order valence-corrected chi connectivity index (χ4v) is 4.23. The lowest BCUT2D eigenvalue weighted by Crippen LogP contribution is -2.26. The topological polar surface area (TPSA) is 80.1 Å². The molecule has 154 valence electrons. The van der Waals surface area contributed by atoms with Gasteiger partial charge >= 0.3 is 0 Å². The second kappa shape index (κ2) is 9.13. The van der Waals surface area contributed by atoms with Crippen LogP contribution in [-0.2, 0) is 16.1 Å². The number of amides is 2. The molecule has 0 atom stereocenters. The van der Waals surface area contributed by atoms with Crippen LogP contribution in [0.3, 0.4) is 0 Å². The van der Waals surface area contributed by atoms with Gasteiger partial charge in [-0.15, -0.1) is 10.2 Å². The van der Waals surface area contributed by atoms with E-state index < -0.39 is 0 Å². The van der Waals surface area contributed by atoms with Gasteiger partial charge in [-0.3, -0.25) is 9.59 Å². The highest BCUT2D eigenvalue weighted by Crippen LogP contribution is 2.29. The lowest BCUT2D eigenvalue weighted by atomic mass is 10.2. The molecule has 2 aromatic carbocycles. The van der Waals surface area contributed by atoms with Crippen LogP contribution in [0.15, 0.2) is 59.8 Å². The zero-order valence-electron chi connectivity index (χ0n) is 16.7. The van der Waals surface area contributed by atoms with Crippen molar-refractivity contribution in [3.8, 4) is 0 Å². The number of aryl methyl sites for hydroxylation is 1. The van der Waals surface area contributed by atoms with Gasteiger partial charge in [-0.1, -0.05) is 54.2 Å². The first-order valence-corrected chi connectivity index (χ1v) is 10.9. The van der Waals surface area contributed by atoms with E-state index in [9.17, 15) is 9.59 Å². The molecule has 4 rings (SSSR count). The van der Waals surface area contributed by atoms with Crippen molar-refractivity contribution in [2.45, 2.75) is 31.5 Å². The molecule has 0 aliphatic carbocycles. The summed E-state index contributed by atoms with van der Waals surface area (Å²) in [6, 6.07) is 17.5. The molecule has 1 N–H and O–H groups in total. The van der Waals surface area contributed by atoms with Gasteiger partial charge in [0, 0.05) is 13.0 Å². The number of aromatic nitrogens is 3. The van der Waals surface area contributed by atoms with Crippen LogP contribution in [-0.4, -0.2) is 38.9 Å². The third-order valence-corrected chi connectivity index (χ3v) is 5.93. The highest BCUT2D eigenvalue weighted by molar-refractivity contribution is 7.99. The summed E-state index contributed by atoms with van der Waals surface area (Å²) in [5.74, 6) is 0.955. The predicted molar refractivity (Wildman–Crippen MR) is 118 cm³/mol. The molecule has 8 heteroatoms. The molecule has 3 aromatic rings. The SMILES string of the molecule is Cc1nnc(SCC(=O)Nc2ccccc2N2CCCC2=O)n1Cc1ccccc1. The van der Waals surface area contributed by atoms with E-state index in [1.807, 2.05) is 54.0 Å². The van der Waals surface area contributed by atoms with Crippen LogP contribution >= 0.6 is 11.8 Å². The summed E-state index contributed by atoms with van der Waals surface area (Å²) in [7, 11) is 0. The highest BCUT2D eigenvalue weighted by atomic mass is 32.2. The first kappa shape index (κ1) is 20.2. The number of hydrogen-bond acceptors (Lipinski definition) is 5. The van der Waals surface area contributed by atoms with E-state index in [0.29, 0.717) is 30.4 Å². The Morgan fingerprint density at radius 1 is 1.10 bits per heavy atom. The van der Waals surface area contributed by atoms with Gasteiger partial charge in [-0.05, 0) is 31.0 Å². The first-order valence-electron chi connectivity index (χ1n) is 9.87. The lowest BCUT2D eigenvalue weighted by molar-refractivity contribution is -0.117. The summed E-state index contributed by atoms with van der Waals surface area (Å²) < 4.78 is 2.00. The van der Waals surface area contributed by atoms with Crippen molar-refractivity contribution in [3.05, 3.63) is 66.0 Å². The number of nitrogens with zero attached hydrogens (tertiary/aromatic N) is 4. The number of carbonyl (C=O) groups is 2. The van der Waals surface area contributed by atoms with Gasteiger partial charge in [0.2, 0.25) is 11.8 Å². The van der Waals surface area contributed by atoms with Crippen LogP contribution in [0.25, 0.3) is 0 Å². The molecule has 0 unspecified atom stereocenters. The Balaban J connectivity index is 1.41. The second-order valence-electron chi connectivity index (χ2n) is 7.10. The summed E-state index contributed by atoms with van der Waals surface area (Å²) in [4.78, 5) is 26.5. The van der Waals surface area contributed by atoms with Crippen LogP contribution in [0.2, 0.25) is 0 Å². The Morgan fingerprint density at radius 2 is 1.87 bits per heavy atom. The van der Waals surface area contributed by atoms with Crippen molar-refractivity contribution in [2.24, 2.45) is 0 Å².